The van der Waals surface area contributed by atoms with Crippen molar-refractivity contribution < 1.29 is 14.7 Å². The van der Waals surface area contributed by atoms with Gasteiger partial charge in [-0.1, -0.05) is 36.7 Å². The number of hydrogen-bond acceptors (Lipinski definition) is 3. The van der Waals surface area contributed by atoms with E-state index in [0.717, 1.165) is 11.8 Å². The summed E-state index contributed by atoms with van der Waals surface area (Å²) in [7, 11) is 0. The number of aldehydes is 1. The van der Waals surface area contributed by atoms with E-state index in [0.29, 0.717) is 11.4 Å². The number of allylic oxidation sites excluding steroid dienone is 1. The first-order chi connectivity index (χ1) is 8.51. The Bertz CT molecular complexity index is 401. The van der Waals surface area contributed by atoms with E-state index in [1.807, 2.05) is 12.1 Å². The van der Waals surface area contributed by atoms with Gasteiger partial charge in [0.25, 0.3) is 0 Å². The molecule has 1 atom stereocenters. The highest BCUT2D eigenvalue weighted by Crippen LogP contribution is 2.09. The molecule has 0 aliphatic heterocycles. The summed E-state index contributed by atoms with van der Waals surface area (Å²) < 4.78 is 0. The average Bonchev–Trinajstić information content (AvgIpc) is 2.37. The summed E-state index contributed by atoms with van der Waals surface area (Å²) in [5, 5.41) is 8.76. The summed E-state index contributed by atoms with van der Waals surface area (Å²) in [4.78, 5) is 19.7. The third-order valence-electron chi connectivity index (χ3n) is 1.99. The molecule has 0 radical (unpaired) electrons. The van der Waals surface area contributed by atoms with Crippen molar-refractivity contribution in [2.75, 3.05) is 0 Å². The second-order valence-electron chi connectivity index (χ2n) is 3.40. The number of hydrogen-bond donors (Lipinski definition) is 2. The number of benzene rings is 1. The van der Waals surface area contributed by atoms with Crippen molar-refractivity contribution in [3.63, 3.8) is 0 Å². The lowest BCUT2D eigenvalue weighted by Gasteiger charge is -1.97. The maximum absolute atomic E-state index is 9.93. The Morgan fingerprint density at radius 3 is 2.33 bits per heavy atom. The molecule has 1 unspecified atom stereocenters. The van der Waals surface area contributed by atoms with Crippen molar-refractivity contribution in [1.29, 1.82) is 0 Å². The van der Waals surface area contributed by atoms with Gasteiger partial charge in [-0.25, -0.2) is 0 Å². The van der Waals surface area contributed by atoms with E-state index in [2.05, 4.69) is 0 Å². The van der Waals surface area contributed by atoms with Crippen LogP contribution >= 0.6 is 11.6 Å². The van der Waals surface area contributed by atoms with Gasteiger partial charge in [0.15, 0.2) is 0 Å². The van der Waals surface area contributed by atoms with Crippen molar-refractivity contribution in [1.82, 2.24) is 0 Å². The maximum atomic E-state index is 9.93. The van der Waals surface area contributed by atoms with Crippen LogP contribution in [0, 0.1) is 0 Å². The molecule has 0 amide bonds. The van der Waals surface area contributed by atoms with Crippen LogP contribution in [0.25, 0.3) is 6.08 Å². The predicted molar refractivity (Wildman–Crippen MR) is 72.5 cm³/mol. The molecular formula is C13H16ClNO3. The molecule has 0 aromatic heterocycles. The van der Waals surface area contributed by atoms with Crippen LogP contribution in [-0.4, -0.2) is 23.4 Å². The molecule has 0 bridgehead atoms. The number of halogens is 1. The monoisotopic (exact) mass is 269 g/mol. The SMILES string of the molecule is CCC(N)C(=O)O.O=CC=Cc1ccc(Cl)cc1. The van der Waals surface area contributed by atoms with Gasteiger partial charge >= 0.3 is 5.97 Å². The lowest BCUT2D eigenvalue weighted by Crippen LogP contribution is -2.28. The first-order valence-electron chi connectivity index (χ1n) is 5.37. The third kappa shape index (κ3) is 7.60. The predicted octanol–water partition coefficient (Wildman–Crippen LogP) is 2.36. The van der Waals surface area contributed by atoms with Crippen LogP contribution in [0.15, 0.2) is 30.3 Å². The van der Waals surface area contributed by atoms with Crippen molar-refractivity contribution in [2.24, 2.45) is 5.73 Å². The van der Waals surface area contributed by atoms with E-state index in [1.165, 1.54) is 6.08 Å². The highest BCUT2D eigenvalue weighted by atomic mass is 35.5. The number of nitrogens with two attached hydrogens (primary N) is 1. The zero-order valence-corrected chi connectivity index (χ0v) is 10.8. The number of carbonyl (C=O) groups is 2. The highest BCUT2D eigenvalue weighted by molar-refractivity contribution is 6.30. The minimum atomic E-state index is -0.928. The third-order valence-corrected chi connectivity index (χ3v) is 2.25. The van der Waals surface area contributed by atoms with Crippen molar-refractivity contribution >= 4 is 29.9 Å². The number of carboxylic acid groups (broad SMARTS) is 1. The van der Waals surface area contributed by atoms with Gasteiger partial charge in [-0.3, -0.25) is 9.59 Å². The Morgan fingerprint density at radius 1 is 1.44 bits per heavy atom. The van der Waals surface area contributed by atoms with Gasteiger partial charge < -0.3 is 10.8 Å². The fraction of sp³-hybridized carbons (Fsp3) is 0.231. The molecule has 5 heteroatoms. The Labute approximate surface area is 111 Å². The van der Waals surface area contributed by atoms with Crippen LogP contribution in [0.1, 0.15) is 18.9 Å². The molecule has 1 aromatic rings. The van der Waals surface area contributed by atoms with Crippen LogP contribution in [0.3, 0.4) is 0 Å². The zero-order valence-electron chi connectivity index (χ0n) is 10.0. The normalized spacial score (nSPS) is 11.5. The molecule has 98 valence electrons. The van der Waals surface area contributed by atoms with Gasteiger partial charge in [-0.05, 0) is 30.2 Å². The number of carboxylic acids is 1. The average molecular weight is 270 g/mol. The molecule has 0 saturated carbocycles. The topological polar surface area (TPSA) is 80.4 Å². The van der Waals surface area contributed by atoms with Gasteiger partial charge in [-0.15, -0.1) is 0 Å². The van der Waals surface area contributed by atoms with Crippen LogP contribution in [0.2, 0.25) is 5.02 Å². The fourth-order valence-corrected chi connectivity index (χ4v) is 1.02. The lowest BCUT2D eigenvalue weighted by atomic mass is 10.2. The summed E-state index contributed by atoms with van der Waals surface area (Å²) in [6.07, 6.45) is 4.41. The second-order valence-corrected chi connectivity index (χ2v) is 3.84. The van der Waals surface area contributed by atoms with Gasteiger partial charge in [0.05, 0.1) is 0 Å². The molecule has 1 rings (SSSR count). The fourth-order valence-electron chi connectivity index (χ4n) is 0.899. The molecule has 0 aliphatic carbocycles. The molecule has 0 spiro atoms. The summed E-state index contributed by atoms with van der Waals surface area (Å²) in [5.74, 6) is -0.928. The minimum absolute atomic E-state index is 0.495. The van der Waals surface area contributed by atoms with E-state index in [-0.39, 0.29) is 0 Å². The Morgan fingerprint density at radius 2 is 2.00 bits per heavy atom. The first-order valence-corrected chi connectivity index (χ1v) is 5.74. The largest absolute Gasteiger partial charge is 0.480 e. The number of aliphatic carboxylic acids is 1. The van der Waals surface area contributed by atoms with E-state index in [4.69, 9.17) is 22.4 Å². The molecule has 3 N–H and O–H groups in total. The molecule has 1 aromatic carbocycles. The van der Waals surface area contributed by atoms with Gasteiger partial charge in [0, 0.05) is 5.02 Å². The zero-order chi connectivity index (χ0) is 14.0. The van der Waals surface area contributed by atoms with Crippen molar-refractivity contribution in [3.05, 3.63) is 40.9 Å². The second kappa shape index (κ2) is 9.39. The Kier molecular flexibility index (Phi) is 8.53. The number of carbonyl (C=O) groups excluding carboxylic acids is 1. The van der Waals surface area contributed by atoms with Gasteiger partial charge in [0.2, 0.25) is 0 Å². The smallest absolute Gasteiger partial charge is 0.320 e. The molecule has 0 fully saturated rings. The van der Waals surface area contributed by atoms with Gasteiger partial charge in [0.1, 0.15) is 12.3 Å². The molecule has 0 saturated heterocycles. The lowest BCUT2D eigenvalue weighted by molar-refractivity contribution is -0.138. The van der Waals surface area contributed by atoms with E-state index < -0.39 is 12.0 Å². The van der Waals surface area contributed by atoms with Crippen molar-refractivity contribution in [3.8, 4) is 0 Å². The minimum Gasteiger partial charge on any atom is -0.480 e. The molecule has 0 heterocycles. The first kappa shape index (κ1) is 16.4. The van der Waals surface area contributed by atoms with Crippen molar-refractivity contribution in [2.45, 2.75) is 19.4 Å². The van der Waals surface area contributed by atoms with E-state index in [1.54, 1.807) is 25.1 Å². The number of rotatable bonds is 4. The quantitative estimate of drug-likeness (QED) is 0.649. The maximum Gasteiger partial charge on any atom is 0.320 e. The summed E-state index contributed by atoms with van der Waals surface area (Å²) in [6.45, 7) is 1.73. The summed E-state index contributed by atoms with van der Waals surface area (Å²) in [5.41, 5.74) is 5.99. The van der Waals surface area contributed by atoms with Crippen LogP contribution in [0.4, 0.5) is 0 Å². The summed E-state index contributed by atoms with van der Waals surface area (Å²) >= 11 is 5.65. The standard InChI is InChI=1S/C9H7ClO.C4H9NO2/c10-9-5-3-8(4-6-9)2-1-7-11;1-2-3(5)4(6)7/h1-7H;3H,2,5H2,1H3,(H,6,7). The van der Waals surface area contributed by atoms with Crippen LogP contribution in [0.5, 0.6) is 0 Å². The van der Waals surface area contributed by atoms with E-state index >= 15 is 0 Å². The summed E-state index contributed by atoms with van der Waals surface area (Å²) in [6, 6.07) is 6.59. The van der Waals surface area contributed by atoms with E-state index in [9.17, 15) is 9.59 Å². The van der Waals surface area contributed by atoms with Gasteiger partial charge in [-0.2, -0.15) is 0 Å². The molecule has 0 aliphatic rings. The molecule has 4 nitrogen and oxygen atoms in total. The highest BCUT2D eigenvalue weighted by Gasteiger charge is 2.05. The molecular weight excluding hydrogens is 254 g/mol. The Hall–Kier alpha value is -1.65. The molecule has 18 heavy (non-hydrogen) atoms. The van der Waals surface area contributed by atoms with Crippen LogP contribution in [-0.2, 0) is 9.59 Å². The Balaban J connectivity index is 0.000000360. The van der Waals surface area contributed by atoms with Crippen LogP contribution < -0.4 is 5.73 Å².